The molecule has 0 saturated heterocycles. The van der Waals surface area contributed by atoms with Crippen molar-refractivity contribution in [2.45, 2.75) is 30.8 Å². The van der Waals surface area contributed by atoms with Crippen molar-refractivity contribution in [2.24, 2.45) is 0 Å². The fourth-order valence-electron chi connectivity index (χ4n) is 3.44. The van der Waals surface area contributed by atoms with Crippen LogP contribution in [0.1, 0.15) is 28.7 Å². The number of hydrogen-bond donors (Lipinski definition) is 1. The lowest BCUT2D eigenvalue weighted by atomic mass is 10.0. The van der Waals surface area contributed by atoms with Crippen LogP contribution < -0.4 is 0 Å². The minimum Gasteiger partial charge on any atom is -0.480 e. The highest BCUT2D eigenvalue weighted by molar-refractivity contribution is 7.89. The molecule has 1 atom stereocenters. The van der Waals surface area contributed by atoms with Crippen molar-refractivity contribution in [1.29, 1.82) is 0 Å². The van der Waals surface area contributed by atoms with Crippen molar-refractivity contribution < 1.29 is 18.3 Å². The van der Waals surface area contributed by atoms with Crippen molar-refractivity contribution in [3.8, 4) is 23.0 Å². The molecule has 0 amide bonds. The summed E-state index contributed by atoms with van der Waals surface area (Å²) in [6, 6.07) is 18.4. The fraction of sp³-hybridized carbons (Fsp3) is 0.174. The Morgan fingerprint density at radius 2 is 1.77 bits per heavy atom. The monoisotopic (exact) mass is 437 g/mol. The van der Waals surface area contributed by atoms with Gasteiger partial charge in [0.1, 0.15) is 6.04 Å². The number of sulfonamides is 1. The van der Waals surface area contributed by atoms with Crippen molar-refractivity contribution in [3.05, 3.63) is 76.0 Å². The van der Waals surface area contributed by atoms with Crippen LogP contribution in [0.2, 0.25) is 0 Å². The topological polar surface area (TPSA) is 74.7 Å². The first-order valence-corrected chi connectivity index (χ1v) is 11.7. The first kappa shape index (κ1) is 20.4. The molecule has 1 aromatic heterocycles. The van der Waals surface area contributed by atoms with Gasteiger partial charge in [-0.25, -0.2) is 8.42 Å². The summed E-state index contributed by atoms with van der Waals surface area (Å²) in [5, 5.41) is 9.31. The quantitative estimate of drug-likeness (QED) is 0.622. The van der Waals surface area contributed by atoms with E-state index in [9.17, 15) is 18.3 Å². The summed E-state index contributed by atoms with van der Waals surface area (Å²) in [4.78, 5) is 12.9. The number of nitrogens with zero attached hydrogens (tertiary/aromatic N) is 1. The lowest BCUT2D eigenvalue weighted by Gasteiger charge is -2.21. The summed E-state index contributed by atoms with van der Waals surface area (Å²) in [7, 11) is -3.81. The molecular weight excluding hydrogens is 418 g/mol. The molecule has 3 aromatic rings. The normalized spacial score (nSPS) is 15.8. The van der Waals surface area contributed by atoms with Gasteiger partial charge in [-0.1, -0.05) is 61.2 Å². The predicted molar refractivity (Wildman–Crippen MR) is 117 cm³/mol. The van der Waals surface area contributed by atoms with E-state index in [1.54, 1.807) is 13.0 Å². The van der Waals surface area contributed by atoms with Gasteiger partial charge < -0.3 is 5.11 Å². The van der Waals surface area contributed by atoms with Gasteiger partial charge in [0, 0.05) is 10.4 Å². The molecule has 0 spiro atoms. The van der Waals surface area contributed by atoms with Gasteiger partial charge in [-0.3, -0.25) is 4.79 Å². The van der Waals surface area contributed by atoms with Gasteiger partial charge in [0.25, 0.3) is 0 Å². The van der Waals surface area contributed by atoms with Crippen LogP contribution >= 0.6 is 11.3 Å². The van der Waals surface area contributed by atoms with Crippen LogP contribution in [0.3, 0.4) is 0 Å². The Morgan fingerprint density at radius 3 is 2.37 bits per heavy atom. The van der Waals surface area contributed by atoms with E-state index in [1.165, 1.54) is 11.3 Å². The molecular formula is C23H19NO4S2. The Hall–Kier alpha value is -2.92. The van der Waals surface area contributed by atoms with E-state index in [2.05, 4.69) is 11.8 Å². The number of thiophene rings is 1. The molecule has 4 rings (SSSR count). The molecule has 1 N–H and O–H groups in total. The van der Waals surface area contributed by atoms with E-state index in [0.717, 1.165) is 21.0 Å². The van der Waals surface area contributed by atoms with Gasteiger partial charge in [0.05, 0.1) is 16.3 Å². The highest BCUT2D eigenvalue weighted by Gasteiger charge is 2.42. The minimum atomic E-state index is -3.81. The average molecular weight is 438 g/mol. The number of carboxylic acid groups (broad SMARTS) is 1. The summed E-state index contributed by atoms with van der Waals surface area (Å²) >= 11 is 1.30. The van der Waals surface area contributed by atoms with Gasteiger partial charge in [0.15, 0.2) is 0 Å². The third kappa shape index (κ3) is 3.77. The molecule has 5 nitrogen and oxygen atoms in total. The summed E-state index contributed by atoms with van der Waals surface area (Å²) in [5.74, 6) is 4.98. The Kier molecular flexibility index (Phi) is 5.48. The van der Waals surface area contributed by atoms with E-state index in [4.69, 9.17) is 0 Å². The third-order valence-corrected chi connectivity index (χ3v) is 8.08. The number of rotatable bonds is 4. The summed E-state index contributed by atoms with van der Waals surface area (Å²) < 4.78 is 26.6. The maximum atomic E-state index is 12.8. The Balaban J connectivity index is 1.55. The first-order valence-electron chi connectivity index (χ1n) is 9.45. The highest BCUT2D eigenvalue weighted by atomic mass is 32.2. The van der Waals surface area contributed by atoms with Crippen LogP contribution in [0, 0.1) is 11.8 Å². The second-order valence-corrected chi connectivity index (χ2v) is 9.90. The zero-order valence-electron chi connectivity index (χ0n) is 16.2. The molecule has 7 heteroatoms. The van der Waals surface area contributed by atoms with E-state index in [0.29, 0.717) is 9.75 Å². The molecule has 152 valence electrons. The molecule has 0 bridgehead atoms. The average Bonchev–Trinajstić information content (AvgIpc) is 3.26. The Morgan fingerprint density at radius 1 is 1.10 bits per heavy atom. The van der Waals surface area contributed by atoms with E-state index in [-0.39, 0.29) is 17.9 Å². The Bertz CT molecular complexity index is 1250. The van der Waals surface area contributed by atoms with Crippen LogP contribution in [-0.4, -0.2) is 29.8 Å². The number of carbonyl (C=O) groups is 1. The minimum absolute atomic E-state index is 0.0839. The first-order chi connectivity index (χ1) is 14.4. The second-order valence-electron chi connectivity index (χ2n) is 6.90. The number of carboxylic acids is 1. The van der Waals surface area contributed by atoms with Crippen molar-refractivity contribution in [2.75, 3.05) is 0 Å². The molecule has 0 aliphatic carbocycles. The molecule has 0 fully saturated rings. The molecule has 30 heavy (non-hydrogen) atoms. The number of hydrogen-bond acceptors (Lipinski definition) is 4. The van der Waals surface area contributed by atoms with Crippen molar-refractivity contribution in [1.82, 2.24) is 4.31 Å². The van der Waals surface area contributed by atoms with Crippen LogP contribution in [0.4, 0.5) is 0 Å². The van der Waals surface area contributed by atoms with Gasteiger partial charge in [-0.15, -0.1) is 11.3 Å². The fourth-order valence-corrected chi connectivity index (χ4v) is 6.69. The zero-order chi connectivity index (χ0) is 21.3. The lowest BCUT2D eigenvalue weighted by Crippen LogP contribution is -2.40. The molecule has 1 unspecified atom stereocenters. The maximum Gasteiger partial charge on any atom is 0.322 e. The number of fused-ring (bicyclic) bond motifs is 1. The molecule has 1 aliphatic rings. The predicted octanol–water partition coefficient (Wildman–Crippen LogP) is 4.18. The third-order valence-electron chi connectivity index (χ3n) is 5.00. The van der Waals surface area contributed by atoms with Crippen LogP contribution in [-0.2, 0) is 21.4 Å². The zero-order valence-corrected chi connectivity index (χ0v) is 17.8. The second kappa shape index (κ2) is 8.07. The SMILES string of the molecule is CCC(C(=O)O)N1Cc2sc(C#Cc3ccc(-c4ccccc4)cc3)cc2S1(=O)=O. The molecule has 2 aromatic carbocycles. The van der Waals surface area contributed by atoms with Crippen LogP contribution in [0.15, 0.2) is 65.6 Å². The van der Waals surface area contributed by atoms with Gasteiger partial charge in [-0.2, -0.15) is 4.31 Å². The Labute approximate surface area is 179 Å². The van der Waals surface area contributed by atoms with Crippen molar-refractivity contribution >= 4 is 27.3 Å². The van der Waals surface area contributed by atoms with Crippen LogP contribution in [0.25, 0.3) is 11.1 Å². The van der Waals surface area contributed by atoms with E-state index < -0.39 is 22.0 Å². The van der Waals surface area contributed by atoms with Gasteiger partial charge >= 0.3 is 5.97 Å². The lowest BCUT2D eigenvalue weighted by molar-refractivity contribution is -0.141. The van der Waals surface area contributed by atoms with Crippen LogP contribution in [0.5, 0.6) is 0 Å². The van der Waals surface area contributed by atoms with Gasteiger partial charge in [-0.05, 0) is 35.7 Å². The van der Waals surface area contributed by atoms with Crippen molar-refractivity contribution in [3.63, 3.8) is 0 Å². The summed E-state index contributed by atoms with van der Waals surface area (Å²) in [6.07, 6.45) is 0.217. The molecule has 0 radical (unpaired) electrons. The molecule has 0 saturated carbocycles. The van der Waals surface area contributed by atoms with E-state index in [1.807, 2.05) is 54.6 Å². The standard InChI is InChI=1S/C23H19NO4S2/c1-2-20(23(25)26)24-15-21-22(30(24,27)28)14-19(29-21)13-10-16-8-11-18(12-9-16)17-6-4-3-5-7-17/h3-9,11-12,14,20H,2,15H2,1H3,(H,25,26). The summed E-state index contributed by atoms with van der Waals surface area (Å²) in [5.41, 5.74) is 3.07. The van der Waals surface area contributed by atoms with Gasteiger partial charge in [0.2, 0.25) is 10.0 Å². The molecule has 2 heterocycles. The molecule has 1 aliphatic heterocycles. The number of aliphatic carboxylic acids is 1. The highest BCUT2D eigenvalue weighted by Crippen LogP contribution is 2.38. The van der Waals surface area contributed by atoms with E-state index >= 15 is 0 Å². The summed E-state index contributed by atoms with van der Waals surface area (Å²) in [6.45, 7) is 1.75. The largest absolute Gasteiger partial charge is 0.480 e. The maximum absolute atomic E-state index is 12.8. The smallest absolute Gasteiger partial charge is 0.322 e. The number of benzene rings is 2.